The lowest BCUT2D eigenvalue weighted by atomic mass is 9.84. The van der Waals surface area contributed by atoms with Gasteiger partial charge < -0.3 is 5.11 Å². The third kappa shape index (κ3) is 5.32. The lowest BCUT2D eigenvalue weighted by Crippen LogP contribution is -2.19. The predicted molar refractivity (Wildman–Crippen MR) is 118 cm³/mol. The third-order valence-electron chi connectivity index (χ3n) is 4.64. The number of benzene rings is 1. The van der Waals surface area contributed by atoms with E-state index in [0.717, 1.165) is 28.0 Å². The van der Waals surface area contributed by atoms with E-state index >= 15 is 0 Å². The average molecular weight is 449 g/mol. The Bertz CT molecular complexity index is 1110. The molecule has 0 aliphatic rings. The quantitative estimate of drug-likeness (QED) is 0.691. The number of aliphatic hydroxyl groups is 1. The molecule has 0 aliphatic carbocycles. The van der Waals surface area contributed by atoms with Crippen molar-refractivity contribution in [1.82, 2.24) is 4.98 Å². The van der Waals surface area contributed by atoms with Gasteiger partial charge in [0.25, 0.3) is 5.91 Å². The number of carbonyl (C=O) groups excluding carboxylic acids is 1. The highest BCUT2D eigenvalue weighted by atomic mass is 32.2. The summed E-state index contributed by atoms with van der Waals surface area (Å²) >= 11 is 0.993. The van der Waals surface area contributed by atoms with Crippen LogP contribution >= 0.6 is 11.3 Å². The molecule has 0 bridgehead atoms. The number of nitrogens with zero attached hydrogens (tertiary/aromatic N) is 3. The molecular formula is C21H28N4O3S2. The topological polar surface area (TPSA) is 129 Å². The van der Waals surface area contributed by atoms with Crippen molar-refractivity contribution in [2.75, 3.05) is 0 Å². The second-order valence-corrected chi connectivity index (χ2v) is 11.1. The molecule has 0 aliphatic heterocycles. The van der Waals surface area contributed by atoms with Crippen LogP contribution in [-0.4, -0.2) is 20.2 Å². The molecule has 0 spiro atoms. The van der Waals surface area contributed by atoms with E-state index in [1.54, 1.807) is 25.3 Å². The van der Waals surface area contributed by atoms with Gasteiger partial charge in [-0.3, -0.25) is 4.79 Å². The Morgan fingerprint density at radius 3 is 2.43 bits per heavy atom. The van der Waals surface area contributed by atoms with Crippen molar-refractivity contribution >= 4 is 27.2 Å². The number of thiazole rings is 1. The Hall–Kier alpha value is -2.12. The molecule has 0 fully saturated rings. The van der Waals surface area contributed by atoms with Crippen LogP contribution in [0.4, 0.5) is 0 Å². The molecule has 2 rings (SSSR count). The highest BCUT2D eigenvalue weighted by molar-refractivity contribution is 7.93. The van der Waals surface area contributed by atoms with Crippen molar-refractivity contribution in [2.24, 2.45) is 9.50 Å². The van der Waals surface area contributed by atoms with Gasteiger partial charge in [-0.1, -0.05) is 33.8 Å². The van der Waals surface area contributed by atoms with Gasteiger partial charge in [0.1, 0.15) is 5.60 Å². The lowest BCUT2D eigenvalue weighted by molar-refractivity contribution is -0.117. The maximum absolute atomic E-state index is 12.9. The standard InChI is InChI=1S/C21H28N4O3S2/c1-12(2)15-8-7-14(10-22)19(13(3)4)16(15)9-18(26)25-30(23,28)20-24-17(11-29-20)21(5,6)27/h7-8,11-13,27H,9H2,1-6H3,(H2,23,25,26,28)/t30-/m1/s1. The second-order valence-electron chi connectivity index (χ2n) is 8.30. The number of hydrogen-bond acceptors (Lipinski definition) is 6. The molecule has 1 amide bonds. The molecule has 3 N–H and O–H groups in total. The van der Waals surface area contributed by atoms with Crippen LogP contribution in [0.15, 0.2) is 26.2 Å². The van der Waals surface area contributed by atoms with Crippen LogP contribution in [0.3, 0.4) is 0 Å². The van der Waals surface area contributed by atoms with Crippen molar-refractivity contribution in [3.8, 4) is 6.07 Å². The summed E-state index contributed by atoms with van der Waals surface area (Å²) in [5.41, 5.74) is 2.09. The zero-order valence-corrected chi connectivity index (χ0v) is 19.7. The molecule has 2 aromatic rings. The maximum Gasteiger partial charge on any atom is 0.259 e. The van der Waals surface area contributed by atoms with Crippen LogP contribution in [0.2, 0.25) is 0 Å². The lowest BCUT2D eigenvalue weighted by Gasteiger charge is -2.20. The van der Waals surface area contributed by atoms with Crippen LogP contribution < -0.4 is 5.14 Å². The molecule has 1 aromatic carbocycles. The molecule has 30 heavy (non-hydrogen) atoms. The minimum absolute atomic E-state index is 0.00748. The maximum atomic E-state index is 12.9. The molecule has 1 aromatic heterocycles. The van der Waals surface area contributed by atoms with Crippen LogP contribution in [0, 0.1) is 11.3 Å². The molecule has 0 saturated carbocycles. The van der Waals surface area contributed by atoms with Gasteiger partial charge in [-0.05, 0) is 48.4 Å². The Kier molecular flexibility index (Phi) is 7.20. The van der Waals surface area contributed by atoms with Crippen molar-refractivity contribution in [3.63, 3.8) is 0 Å². The number of nitriles is 1. The Balaban J connectivity index is 2.50. The first-order valence-corrected chi connectivity index (χ1v) is 12.1. The molecule has 7 nitrogen and oxygen atoms in total. The van der Waals surface area contributed by atoms with E-state index in [2.05, 4.69) is 15.4 Å². The Morgan fingerprint density at radius 2 is 1.97 bits per heavy atom. The average Bonchev–Trinajstić information content (AvgIpc) is 3.11. The number of hydrogen-bond donors (Lipinski definition) is 2. The molecular weight excluding hydrogens is 420 g/mol. The summed E-state index contributed by atoms with van der Waals surface area (Å²) in [5.74, 6) is -0.480. The van der Waals surface area contributed by atoms with Gasteiger partial charge in [0.05, 0.1) is 23.7 Å². The van der Waals surface area contributed by atoms with Crippen molar-refractivity contribution in [2.45, 2.75) is 69.7 Å². The zero-order chi connectivity index (χ0) is 22.9. The number of rotatable bonds is 6. The largest absolute Gasteiger partial charge is 0.384 e. The SMILES string of the molecule is CC(C)c1ccc(C#N)c(C(C)C)c1CC(=O)N=[S@@](N)(=O)c1nc(C(C)(C)O)cs1. The zero-order valence-electron chi connectivity index (χ0n) is 18.1. The predicted octanol–water partition coefficient (Wildman–Crippen LogP) is 3.96. The molecule has 0 radical (unpaired) electrons. The van der Waals surface area contributed by atoms with E-state index in [1.165, 1.54) is 0 Å². The van der Waals surface area contributed by atoms with Gasteiger partial charge in [-0.25, -0.2) is 14.3 Å². The van der Waals surface area contributed by atoms with Crippen LogP contribution in [-0.2, 0) is 26.7 Å². The van der Waals surface area contributed by atoms with Gasteiger partial charge in [-0.2, -0.15) is 5.26 Å². The first-order chi connectivity index (χ1) is 13.8. The molecule has 0 unspecified atom stereocenters. The van der Waals surface area contributed by atoms with Crippen LogP contribution in [0.5, 0.6) is 0 Å². The van der Waals surface area contributed by atoms with Gasteiger partial charge in [-0.15, -0.1) is 15.7 Å². The summed E-state index contributed by atoms with van der Waals surface area (Å²) in [6.07, 6.45) is -0.103. The highest BCUT2D eigenvalue weighted by Crippen LogP contribution is 2.31. The molecule has 1 atom stereocenters. The highest BCUT2D eigenvalue weighted by Gasteiger charge is 2.24. The Morgan fingerprint density at radius 1 is 1.33 bits per heavy atom. The minimum Gasteiger partial charge on any atom is -0.384 e. The fourth-order valence-corrected chi connectivity index (χ4v) is 5.41. The normalized spacial score (nSPS) is 13.9. The number of carbonyl (C=O) groups is 1. The summed E-state index contributed by atoms with van der Waals surface area (Å²) in [6, 6.07) is 5.82. The molecule has 0 saturated heterocycles. The third-order valence-corrected chi connectivity index (χ3v) is 7.34. The molecule has 1 heterocycles. The smallest absolute Gasteiger partial charge is 0.259 e. The van der Waals surface area contributed by atoms with E-state index in [4.69, 9.17) is 5.14 Å². The molecule has 9 heteroatoms. The number of aromatic nitrogens is 1. The van der Waals surface area contributed by atoms with E-state index in [1.807, 2.05) is 33.8 Å². The van der Waals surface area contributed by atoms with Crippen molar-refractivity contribution in [3.05, 3.63) is 45.5 Å². The fourth-order valence-electron chi connectivity index (χ4n) is 3.22. The number of nitrogens with two attached hydrogens (primary N) is 1. The summed E-state index contributed by atoms with van der Waals surface area (Å²) in [5, 5.41) is 27.0. The van der Waals surface area contributed by atoms with Gasteiger partial charge in [0, 0.05) is 5.38 Å². The first kappa shape index (κ1) is 24.2. The monoisotopic (exact) mass is 448 g/mol. The van der Waals surface area contributed by atoms with Crippen LogP contribution in [0.1, 0.15) is 81.3 Å². The summed E-state index contributed by atoms with van der Waals surface area (Å²) in [7, 11) is -3.54. The second kappa shape index (κ2) is 8.94. The number of amides is 1. The van der Waals surface area contributed by atoms with Gasteiger partial charge >= 0.3 is 0 Å². The Labute approximate surface area is 182 Å². The van der Waals surface area contributed by atoms with Crippen molar-refractivity contribution in [1.29, 1.82) is 5.26 Å². The molecule has 162 valence electrons. The van der Waals surface area contributed by atoms with E-state index in [9.17, 15) is 19.4 Å². The minimum atomic E-state index is -3.54. The first-order valence-electron chi connectivity index (χ1n) is 9.59. The summed E-state index contributed by atoms with van der Waals surface area (Å²) in [6.45, 7) is 11.0. The summed E-state index contributed by atoms with van der Waals surface area (Å²) < 4.78 is 16.7. The van der Waals surface area contributed by atoms with E-state index < -0.39 is 21.4 Å². The van der Waals surface area contributed by atoms with Gasteiger partial charge in [0.2, 0.25) is 4.34 Å². The van der Waals surface area contributed by atoms with E-state index in [0.29, 0.717) is 11.3 Å². The fraction of sp³-hybridized carbons (Fsp3) is 0.476. The van der Waals surface area contributed by atoms with E-state index in [-0.39, 0.29) is 22.6 Å². The van der Waals surface area contributed by atoms with Crippen LogP contribution in [0.25, 0.3) is 0 Å². The van der Waals surface area contributed by atoms with Crippen molar-refractivity contribution < 1.29 is 14.1 Å². The van der Waals surface area contributed by atoms with Gasteiger partial charge in [0.15, 0.2) is 9.92 Å². The summed E-state index contributed by atoms with van der Waals surface area (Å²) in [4.78, 5) is 16.9.